The predicted molar refractivity (Wildman–Crippen MR) is 53.9 cm³/mol. The van der Waals surface area contributed by atoms with E-state index >= 15 is 0 Å². The quantitative estimate of drug-likeness (QED) is 0.684. The van der Waals surface area contributed by atoms with Gasteiger partial charge in [-0.1, -0.05) is 19.9 Å². The van der Waals surface area contributed by atoms with Crippen molar-refractivity contribution in [2.45, 2.75) is 26.2 Å². The molecule has 0 N–H and O–H groups in total. The second-order valence-electron chi connectivity index (χ2n) is 3.42. The van der Waals surface area contributed by atoms with Gasteiger partial charge in [-0.25, -0.2) is 4.98 Å². The molecule has 2 heteroatoms. The maximum atomic E-state index is 4.43. The largest absolute Gasteiger partial charge is 0.304 e. The molecule has 1 unspecified atom stereocenters. The zero-order valence-electron chi connectivity index (χ0n) is 8.07. The van der Waals surface area contributed by atoms with Gasteiger partial charge in [0.2, 0.25) is 0 Å². The highest BCUT2D eigenvalue weighted by atomic mass is 15.0. The Morgan fingerprint density at radius 3 is 3.08 bits per heavy atom. The van der Waals surface area contributed by atoms with Gasteiger partial charge in [0.1, 0.15) is 5.82 Å². The van der Waals surface area contributed by atoms with Crippen LogP contribution in [0.1, 0.15) is 32.0 Å². The van der Waals surface area contributed by atoms with E-state index in [9.17, 15) is 0 Å². The molecule has 0 aliphatic rings. The summed E-state index contributed by atoms with van der Waals surface area (Å²) in [6.45, 7) is 4.40. The first-order valence-electron chi connectivity index (χ1n) is 4.75. The Morgan fingerprint density at radius 2 is 2.31 bits per heavy atom. The third kappa shape index (κ3) is 1.32. The summed E-state index contributed by atoms with van der Waals surface area (Å²) in [6, 6.07) is 6.16. The molecule has 2 heterocycles. The van der Waals surface area contributed by atoms with E-state index in [2.05, 4.69) is 35.5 Å². The lowest BCUT2D eigenvalue weighted by molar-refractivity contribution is 0.675. The smallest absolute Gasteiger partial charge is 0.116 e. The molecule has 2 aromatic rings. The SMILES string of the molecule is CCC(C)c1ncc2ccccn12. The molecule has 0 saturated carbocycles. The van der Waals surface area contributed by atoms with Crippen molar-refractivity contribution in [2.24, 2.45) is 0 Å². The molecule has 2 rings (SSSR count). The fourth-order valence-electron chi connectivity index (χ4n) is 1.51. The van der Waals surface area contributed by atoms with Gasteiger partial charge in [0.15, 0.2) is 0 Å². The zero-order valence-corrected chi connectivity index (χ0v) is 8.07. The minimum absolute atomic E-state index is 0.532. The van der Waals surface area contributed by atoms with Gasteiger partial charge in [-0.3, -0.25) is 0 Å². The van der Waals surface area contributed by atoms with E-state index in [1.807, 2.05) is 18.3 Å². The lowest BCUT2D eigenvalue weighted by Gasteiger charge is -2.06. The second kappa shape index (κ2) is 3.21. The van der Waals surface area contributed by atoms with Crippen LogP contribution >= 0.6 is 0 Å². The summed E-state index contributed by atoms with van der Waals surface area (Å²) in [5, 5.41) is 0. The normalized spacial score (nSPS) is 13.4. The Kier molecular flexibility index (Phi) is 2.05. The van der Waals surface area contributed by atoms with Crippen molar-refractivity contribution in [1.82, 2.24) is 9.38 Å². The fraction of sp³-hybridized carbons (Fsp3) is 0.364. The molecule has 68 valence electrons. The highest BCUT2D eigenvalue weighted by Gasteiger charge is 2.08. The topological polar surface area (TPSA) is 17.3 Å². The predicted octanol–water partition coefficient (Wildman–Crippen LogP) is 2.85. The van der Waals surface area contributed by atoms with Crippen molar-refractivity contribution < 1.29 is 0 Å². The highest BCUT2D eigenvalue weighted by molar-refractivity contribution is 5.45. The molecular weight excluding hydrogens is 160 g/mol. The second-order valence-corrected chi connectivity index (χ2v) is 3.42. The summed E-state index contributed by atoms with van der Waals surface area (Å²) in [5.74, 6) is 1.70. The first kappa shape index (κ1) is 8.30. The Bertz CT molecular complexity index is 403. The summed E-state index contributed by atoms with van der Waals surface area (Å²) in [6.07, 6.45) is 5.14. The van der Waals surface area contributed by atoms with Gasteiger partial charge >= 0.3 is 0 Å². The molecule has 0 fully saturated rings. The lowest BCUT2D eigenvalue weighted by Crippen LogP contribution is -1.98. The van der Waals surface area contributed by atoms with E-state index in [0.717, 1.165) is 12.2 Å². The molecule has 0 saturated heterocycles. The van der Waals surface area contributed by atoms with Crippen LogP contribution in [0.2, 0.25) is 0 Å². The van der Waals surface area contributed by atoms with Crippen LogP contribution in [-0.2, 0) is 0 Å². The first-order valence-corrected chi connectivity index (χ1v) is 4.75. The third-order valence-electron chi connectivity index (χ3n) is 2.52. The Morgan fingerprint density at radius 1 is 1.46 bits per heavy atom. The van der Waals surface area contributed by atoms with Gasteiger partial charge in [0.05, 0.1) is 11.7 Å². The van der Waals surface area contributed by atoms with Crippen LogP contribution in [0.5, 0.6) is 0 Å². The zero-order chi connectivity index (χ0) is 9.26. The number of hydrogen-bond donors (Lipinski definition) is 0. The summed E-state index contributed by atoms with van der Waals surface area (Å²) >= 11 is 0. The Labute approximate surface area is 78.2 Å². The Balaban J connectivity index is 2.57. The third-order valence-corrected chi connectivity index (χ3v) is 2.52. The molecule has 0 aliphatic carbocycles. The minimum atomic E-state index is 0.532. The molecule has 0 bridgehead atoms. The van der Waals surface area contributed by atoms with Gasteiger partial charge in [-0.2, -0.15) is 0 Å². The summed E-state index contributed by atoms with van der Waals surface area (Å²) in [5.41, 5.74) is 1.18. The molecule has 0 amide bonds. The van der Waals surface area contributed by atoms with Gasteiger partial charge < -0.3 is 4.40 Å². The van der Waals surface area contributed by atoms with Crippen molar-refractivity contribution in [3.05, 3.63) is 36.4 Å². The molecule has 0 spiro atoms. The lowest BCUT2D eigenvalue weighted by atomic mass is 10.1. The van der Waals surface area contributed by atoms with E-state index in [1.165, 1.54) is 5.52 Å². The van der Waals surface area contributed by atoms with Crippen LogP contribution in [-0.4, -0.2) is 9.38 Å². The van der Waals surface area contributed by atoms with Crippen LogP contribution in [0.15, 0.2) is 30.6 Å². The number of nitrogens with zero attached hydrogens (tertiary/aromatic N) is 2. The highest BCUT2D eigenvalue weighted by Crippen LogP contribution is 2.18. The summed E-state index contributed by atoms with van der Waals surface area (Å²) < 4.78 is 2.16. The van der Waals surface area contributed by atoms with E-state index in [-0.39, 0.29) is 0 Å². The molecule has 2 aromatic heterocycles. The molecule has 1 atom stereocenters. The average molecular weight is 174 g/mol. The van der Waals surface area contributed by atoms with Crippen LogP contribution in [0, 0.1) is 0 Å². The monoisotopic (exact) mass is 174 g/mol. The van der Waals surface area contributed by atoms with Gasteiger partial charge in [-0.05, 0) is 18.6 Å². The number of rotatable bonds is 2. The summed E-state index contributed by atoms with van der Waals surface area (Å²) in [4.78, 5) is 4.43. The van der Waals surface area contributed by atoms with E-state index in [0.29, 0.717) is 5.92 Å². The molecule has 0 aliphatic heterocycles. The van der Waals surface area contributed by atoms with Crippen LogP contribution in [0.3, 0.4) is 0 Å². The standard InChI is InChI=1S/C11H14N2/c1-3-9(2)11-12-8-10-6-4-5-7-13(10)11/h4-9H,3H2,1-2H3. The number of fused-ring (bicyclic) bond motifs is 1. The molecule has 13 heavy (non-hydrogen) atoms. The molecule has 0 aromatic carbocycles. The maximum absolute atomic E-state index is 4.43. The van der Waals surface area contributed by atoms with Crippen LogP contribution in [0.25, 0.3) is 5.52 Å². The Hall–Kier alpha value is -1.31. The number of hydrogen-bond acceptors (Lipinski definition) is 1. The van der Waals surface area contributed by atoms with Crippen molar-refractivity contribution in [3.8, 4) is 0 Å². The number of aromatic nitrogens is 2. The fourth-order valence-corrected chi connectivity index (χ4v) is 1.51. The van der Waals surface area contributed by atoms with Crippen molar-refractivity contribution in [1.29, 1.82) is 0 Å². The van der Waals surface area contributed by atoms with Crippen molar-refractivity contribution >= 4 is 5.52 Å². The van der Waals surface area contributed by atoms with Gasteiger partial charge in [0.25, 0.3) is 0 Å². The maximum Gasteiger partial charge on any atom is 0.116 e. The van der Waals surface area contributed by atoms with Gasteiger partial charge in [0, 0.05) is 12.1 Å². The number of imidazole rings is 1. The minimum Gasteiger partial charge on any atom is -0.304 e. The molecular formula is C11H14N2. The van der Waals surface area contributed by atoms with Gasteiger partial charge in [-0.15, -0.1) is 0 Å². The number of pyridine rings is 1. The summed E-state index contributed by atoms with van der Waals surface area (Å²) in [7, 11) is 0. The molecule has 0 radical (unpaired) electrons. The van der Waals surface area contributed by atoms with E-state index in [1.54, 1.807) is 0 Å². The van der Waals surface area contributed by atoms with Crippen molar-refractivity contribution in [3.63, 3.8) is 0 Å². The average Bonchev–Trinajstić information content (AvgIpc) is 2.60. The first-order chi connectivity index (χ1) is 6.33. The van der Waals surface area contributed by atoms with E-state index in [4.69, 9.17) is 0 Å². The van der Waals surface area contributed by atoms with Crippen LogP contribution in [0.4, 0.5) is 0 Å². The van der Waals surface area contributed by atoms with E-state index < -0.39 is 0 Å². The van der Waals surface area contributed by atoms with Crippen molar-refractivity contribution in [2.75, 3.05) is 0 Å². The molecule has 2 nitrogen and oxygen atoms in total. The van der Waals surface area contributed by atoms with Crippen LogP contribution < -0.4 is 0 Å².